The SMILES string of the molecule is Cc1ccc(S(=O)(=O)N(C)C[C@@H](O)COc2c(C)cc(C)cc2C)cc1. The summed E-state index contributed by atoms with van der Waals surface area (Å²) in [6.07, 6.45) is -0.930. The maximum absolute atomic E-state index is 12.6. The van der Waals surface area contributed by atoms with E-state index in [9.17, 15) is 13.5 Å². The number of hydrogen-bond acceptors (Lipinski definition) is 4. The summed E-state index contributed by atoms with van der Waals surface area (Å²) in [5.74, 6) is 0.735. The van der Waals surface area contributed by atoms with Gasteiger partial charge in [0.15, 0.2) is 0 Å². The molecule has 26 heavy (non-hydrogen) atoms. The number of benzene rings is 2. The average molecular weight is 378 g/mol. The van der Waals surface area contributed by atoms with Crippen LogP contribution in [0.1, 0.15) is 22.3 Å². The van der Waals surface area contributed by atoms with Crippen molar-refractivity contribution in [3.63, 3.8) is 0 Å². The first-order valence-electron chi connectivity index (χ1n) is 8.53. The van der Waals surface area contributed by atoms with E-state index in [-0.39, 0.29) is 18.0 Å². The molecule has 0 bridgehead atoms. The third kappa shape index (κ3) is 4.84. The molecule has 142 valence electrons. The van der Waals surface area contributed by atoms with Crippen LogP contribution in [-0.4, -0.2) is 44.1 Å². The fraction of sp³-hybridized carbons (Fsp3) is 0.400. The number of aryl methyl sites for hydroxylation is 4. The highest BCUT2D eigenvalue weighted by molar-refractivity contribution is 7.89. The van der Waals surface area contributed by atoms with Crippen LogP contribution in [0.3, 0.4) is 0 Å². The number of nitrogens with zero attached hydrogens (tertiary/aromatic N) is 1. The van der Waals surface area contributed by atoms with Crippen molar-refractivity contribution in [2.75, 3.05) is 20.2 Å². The minimum Gasteiger partial charge on any atom is -0.490 e. The lowest BCUT2D eigenvalue weighted by Crippen LogP contribution is -2.37. The van der Waals surface area contributed by atoms with Gasteiger partial charge in [-0.1, -0.05) is 35.4 Å². The van der Waals surface area contributed by atoms with Gasteiger partial charge < -0.3 is 9.84 Å². The van der Waals surface area contributed by atoms with E-state index in [1.165, 1.54) is 7.05 Å². The summed E-state index contributed by atoms with van der Waals surface area (Å²) in [5.41, 5.74) is 4.13. The lowest BCUT2D eigenvalue weighted by atomic mass is 10.1. The molecule has 6 heteroatoms. The fourth-order valence-corrected chi connectivity index (χ4v) is 4.12. The molecule has 0 radical (unpaired) electrons. The molecular formula is C20H27NO4S. The van der Waals surface area contributed by atoms with E-state index in [1.54, 1.807) is 24.3 Å². The summed E-state index contributed by atoms with van der Waals surface area (Å²) in [6, 6.07) is 10.7. The molecule has 0 aromatic heterocycles. The zero-order valence-electron chi connectivity index (χ0n) is 16.0. The van der Waals surface area contributed by atoms with Crippen LogP contribution >= 0.6 is 0 Å². The van der Waals surface area contributed by atoms with E-state index in [1.807, 2.05) is 39.8 Å². The van der Waals surface area contributed by atoms with Crippen molar-refractivity contribution in [1.82, 2.24) is 4.31 Å². The molecule has 0 fully saturated rings. The highest BCUT2D eigenvalue weighted by Crippen LogP contribution is 2.24. The number of sulfonamides is 1. The second-order valence-corrected chi connectivity index (χ2v) is 8.84. The normalized spacial score (nSPS) is 13.0. The largest absolute Gasteiger partial charge is 0.490 e. The summed E-state index contributed by atoms with van der Waals surface area (Å²) in [7, 11) is -2.18. The molecule has 0 aliphatic rings. The van der Waals surface area contributed by atoms with E-state index in [0.717, 1.165) is 32.3 Å². The van der Waals surface area contributed by atoms with Gasteiger partial charge in [-0.15, -0.1) is 0 Å². The first-order chi connectivity index (χ1) is 12.1. The monoisotopic (exact) mass is 377 g/mol. The zero-order valence-corrected chi connectivity index (χ0v) is 16.8. The van der Waals surface area contributed by atoms with Crippen molar-refractivity contribution < 1.29 is 18.3 Å². The van der Waals surface area contributed by atoms with Gasteiger partial charge in [0.05, 0.1) is 4.90 Å². The Morgan fingerprint density at radius 1 is 1.00 bits per heavy atom. The summed E-state index contributed by atoms with van der Waals surface area (Å²) < 4.78 is 32.0. The van der Waals surface area contributed by atoms with Gasteiger partial charge in [-0.3, -0.25) is 0 Å². The van der Waals surface area contributed by atoms with Gasteiger partial charge in [-0.25, -0.2) is 8.42 Å². The predicted octanol–water partition coefficient (Wildman–Crippen LogP) is 2.98. The topological polar surface area (TPSA) is 66.8 Å². The van der Waals surface area contributed by atoms with Gasteiger partial charge in [0.1, 0.15) is 18.5 Å². The number of ether oxygens (including phenoxy) is 1. The Kier molecular flexibility index (Phi) is 6.44. The standard InChI is InChI=1S/C20H27NO4S/c1-14-6-8-19(9-7-14)26(23,24)21(5)12-18(22)13-25-20-16(3)10-15(2)11-17(20)4/h6-11,18,22H,12-13H2,1-5H3/t18-/m1/s1. The highest BCUT2D eigenvalue weighted by atomic mass is 32.2. The Bertz CT molecular complexity index is 837. The molecule has 0 heterocycles. The number of aliphatic hydroxyl groups excluding tert-OH is 1. The van der Waals surface area contributed by atoms with Crippen LogP contribution in [0.2, 0.25) is 0 Å². The minimum absolute atomic E-state index is 0.0263. The first-order valence-corrected chi connectivity index (χ1v) is 9.97. The second-order valence-electron chi connectivity index (χ2n) is 6.79. The van der Waals surface area contributed by atoms with Gasteiger partial charge in [-0.05, 0) is 51.0 Å². The molecule has 2 aromatic rings. The van der Waals surface area contributed by atoms with Crippen molar-refractivity contribution in [2.45, 2.75) is 38.7 Å². The third-order valence-electron chi connectivity index (χ3n) is 4.22. The molecule has 0 aliphatic carbocycles. The summed E-state index contributed by atoms with van der Waals surface area (Å²) >= 11 is 0. The maximum atomic E-state index is 12.6. The van der Waals surface area contributed by atoms with Crippen LogP contribution in [0.5, 0.6) is 5.75 Å². The minimum atomic E-state index is -3.64. The summed E-state index contributed by atoms with van der Waals surface area (Å²) in [6.45, 7) is 7.81. The number of hydrogen-bond donors (Lipinski definition) is 1. The van der Waals surface area contributed by atoms with E-state index in [0.29, 0.717) is 0 Å². The molecule has 0 unspecified atom stereocenters. The quantitative estimate of drug-likeness (QED) is 0.806. The van der Waals surface area contributed by atoms with Crippen LogP contribution in [0.25, 0.3) is 0 Å². The van der Waals surface area contributed by atoms with Crippen LogP contribution in [0.15, 0.2) is 41.3 Å². The van der Waals surface area contributed by atoms with Crippen molar-refractivity contribution >= 4 is 10.0 Å². The highest BCUT2D eigenvalue weighted by Gasteiger charge is 2.23. The predicted molar refractivity (Wildman–Crippen MR) is 103 cm³/mol. The van der Waals surface area contributed by atoms with Crippen molar-refractivity contribution in [1.29, 1.82) is 0 Å². The smallest absolute Gasteiger partial charge is 0.242 e. The second kappa shape index (κ2) is 8.20. The lowest BCUT2D eigenvalue weighted by Gasteiger charge is -2.22. The Morgan fingerprint density at radius 2 is 1.54 bits per heavy atom. The molecule has 0 spiro atoms. The van der Waals surface area contributed by atoms with Gasteiger partial charge in [0, 0.05) is 13.6 Å². The molecule has 1 atom stereocenters. The van der Waals surface area contributed by atoms with Gasteiger partial charge in [0.2, 0.25) is 10.0 Å². The van der Waals surface area contributed by atoms with E-state index >= 15 is 0 Å². The van der Waals surface area contributed by atoms with E-state index in [4.69, 9.17) is 4.74 Å². The van der Waals surface area contributed by atoms with E-state index in [2.05, 4.69) is 0 Å². The summed E-state index contributed by atoms with van der Waals surface area (Å²) in [5, 5.41) is 10.2. The Morgan fingerprint density at radius 3 is 2.08 bits per heavy atom. The van der Waals surface area contributed by atoms with Crippen LogP contribution < -0.4 is 4.74 Å². The average Bonchev–Trinajstić information content (AvgIpc) is 2.54. The lowest BCUT2D eigenvalue weighted by molar-refractivity contribution is 0.0929. The molecule has 2 rings (SSSR count). The van der Waals surface area contributed by atoms with Crippen LogP contribution in [-0.2, 0) is 10.0 Å². The molecule has 0 saturated heterocycles. The van der Waals surface area contributed by atoms with Gasteiger partial charge >= 0.3 is 0 Å². The molecular weight excluding hydrogens is 350 g/mol. The molecule has 5 nitrogen and oxygen atoms in total. The van der Waals surface area contributed by atoms with E-state index < -0.39 is 16.1 Å². The fourth-order valence-electron chi connectivity index (χ4n) is 2.91. The number of rotatable bonds is 7. The molecule has 0 aliphatic heterocycles. The molecule has 1 N–H and O–H groups in total. The Labute approximate surface area is 156 Å². The van der Waals surface area contributed by atoms with Crippen molar-refractivity contribution in [3.05, 3.63) is 58.7 Å². The maximum Gasteiger partial charge on any atom is 0.242 e. The molecule has 0 saturated carbocycles. The summed E-state index contributed by atoms with van der Waals surface area (Å²) in [4.78, 5) is 0.212. The van der Waals surface area contributed by atoms with Gasteiger partial charge in [0.25, 0.3) is 0 Å². The first kappa shape index (κ1) is 20.4. The molecule has 0 amide bonds. The van der Waals surface area contributed by atoms with Crippen molar-refractivity contribution in [2.24, 2.45) is 0 Å². The number of likely N-dealkylation sites (N-methyl/N-ethyl adjacent to an activating group) is 1. The van der Waals surface area contributed by atoms with Crippen LogP contribution in [0, 0.1) is 27.7 Å². The van der Waals surface area contributed by atoms with Crippen molar-refractivity contribution in [3.8, 4) is 5.75 Å². The van der Waals surface area contributed by atoms with Crippen LogP contribution in [0.4, 0.5) is 0 Å². The van der Waals surface area contributed by atoms with Gasteiger partial charge in [-0.2, -0.15) is 4.31 Å². The zero-order chi connectivity index (χ0) is 19.5. The Hall–Kier alpha value is -1.89. The Balaban J connectivity index is 2.01. The third-order valence-corrected chi connectivity index (χ3v) is 6.06. The molecule has 2 aromatic carbocycles. The number of aliphatic hydroxyl groups is 1.